The van der Waals surface area contributed by atoms with E-state index in [9.17, 15) is 18.4 Å². The summed E-state index contributed by atoms with van der Waals surface area (Å²) >= 11 is 0. The van der Waals surface area contributed by atoms with Gasteiger partial charge in [-0.3, -0.25) is 14.5 Å². The van der Waals surface area contributed by atoms with Crippen molar-refractivity contribution < 1.29 is 32.4 Å². The van der Waals surface area contributed by atoms with Crippen LogP contribution in [0.4, 0.5) is 8.78 Å². The minimum atomic E-state index is -1.73. The second-order valence-corrected chi connectivity index (χ2v) is 5.71. The lowest BCUT2D eigenvalue weighted by atomic mass is 9.77. The maximum atomic E-state index is 14.4. The Bertz CT molecular complexity index is 665. The van der Waals surface area contributed by atoms with Crippen LogP contribution in [0.1, 0.15) is 13.3 Å². The quantitative estimate of drug-likeness (QED) is 0.582. The van der Waals surface area contributed by atoms with Gasteiger partial charge in [0.15, 0.2) is 11.6 Å². The molecule has 1 aromatic rings. The van der Waals surface area contributed by atoms with E-state index in [0.29, 0.717) is 6.42 Å². The number of rotatable bonds is 5. The monoisotopic (exact) mass is 353 g/mol. The molecule has 0 saturated carbocycles. The molecule has 134 valence electrons. The Labute approximate surface area is 144 Å². The van der Waals surface area contributed by atoms with Crippen LogP contribution in [0.5, 0.6) is 5.75 Å². The van der Waals surface area contributed by atoms with Crippen molar-refractivity contribution in [3.63, 3.8) is 0 Å². The van der Waals surface area contributed by atoms with E-state index in [0.717, 1.165) is 6.07 Å². The number of ether oxygens (including phenoxy) is 1. The van der Waals surface area contributed by atoms with Crippen LogP contribution in [-0.2, 0) is 18.9 Å². The molecule has 0 unspecified atom stereocenters. The number of nitrogens with zero attached hydrogens (tertiary/aromatic N) is 1. The number of likely N-dealkylation sites (N-methyl/N-ethyl adjacent to an activating group) is 1. The van der Waals surface area contributed by atoms with Gasteiger partial charge in [-0.25, -0.2) is 8.78 Å². The lowest BCUT2D eigenvalue weighted by molar-refractivity contribution is -0.145. The Morgan fingerprint density at radius 1 is 1.32 bits per heavy atom. The minimum absolute atomic E-state index is 0.0761. The summed E-state index contributed by atoms with van der Waals surface area (Å²) < 4.78 is 43.7. The molecule has 1 saturated heterocycles. The fraction of sp³-hybridized carbons (Fsp3) is 0.375. The van der Waals surface area contributed by atoms with Gasteiger partial charge in [0.25, 0.3) is 0 Å². The van der Waals surface area contributed by atoms with Crippen molar-refractivity contribution in [3.05, 3.63) is 36.4 Å². The average Bonchev–Trinajstić information content (AvgIpc) is 2.49. The smallest absolute Gasteiger partial charge is 0.494 e. The first kappa shape index (κ1) is 18.9. The van der Waals surface area contributed by atoms with Crippen LogP contribution in [0, 0.1) is 11.6 Å². The zero-order valence-electron chi connectivity index (χ0n) is 14.0. The topological polar surface area (TPSA) is 65.1 Å². The van der Waals surface area contributed by atoms with Crippen LogP contribution in [0.3, 0.4) is 0 Å². The van der Waals surface area contributed by atoms with E-state index in [2.05, 4.69) is 6.58 Å². The highest BCUT2D eigenvalue weighted by Gasteiger charge is 2.40. The minimum Gasteiger partial charge on any atom is -0.494 e. The molecular formula is C16H18BF2NO5. The van der Waals surface area contributed by atoms with Gasteiger partial charge in [-0.05, 0) is 26.1 Å². The average molecular weight is 353 g/mol. The molecule has 0 radical (unpaired) electrons. The second kappa shape index (κ2) is 8.11. The number of hydrogen-bond donors (Lipinski definition) is 0. The van der Waals surface area contributed by atoms with E-state index in [1.807, 2.05) is 0 Å². The summed E-state index contributed by atoms with van der Waals surface area (Å²) in [6, 6.07) is 2.08. The van der Waals surface area contributed by atoms with E-state index in [1.165, 1.54) is 18.0 Å². The van der Waals surface area contributed by atoms with Crippen LogP contribution in [0.25, 0.3) is 0 Å². The highest BCUT2D eigenvalue weighted by Crippen LogP contribution is 2.18. The summed E-state index contributed by atoms with van der Waals surface area (Å²) in [5, 5.41) is 0. The molecule has 0 spiro atoms. The van der Waals surface area contributed by atoms with Gasteiger partial charge in [0.05, 0.1) is 24.7 Å². The van der Waals surface area contributed by atoms with Crippen molar-refractivity contribution in [2.45, 2.75) is 19.4 Å². The summed E-state index contributed by atoms with van der Waals surface area (Å²) in [7, 11) is -0.202. The first-order valence-electron chi connectivity index (χ1n) is 7.64. The first-order chi connectivity index (χ1) is 11.8. The third-order valence-corrected chi connectivity index (χ3v) is 3.43. The van der Waals surface area contributed by atoms with Crippen LogP contribution >= 0.6 is 0 Å². The second-order valence-electron chi connectivity index (χ2n) is 5.71. The standard InChI is InChI=1S/C16H18BF2NO5/c1-4-5-10(2)23-12-7-6-11(18)16(19)15(12)17-24-13(21)8-20(3)9-14(22)25-17/h4,6-7,10H,1,5,8-9H2,2-3H3/t10-/m0/s1. The molecule has 1 atom stereocenters. The molecule has 0 amide bonds. The molecule has 0 aromatic heterocycles. The summed E-state index contributed by atoms with van der Waals surface area (Å²) in [5.41, 5.74) is -0.470. The zero-order chi connectivity index (χ0) is 18.6. The predicted octanol–water partition coefficient (Wildman–Crippen LogP) is 1.04. The molecule has 0 aliphatic carbocycles. The largest absolute Gasteiger partial charge is 0.643 e. The lowest BCUT2D eigenvalue weighted by Gasteiger charge is -2.24. The zero-order valence-corrected chi connectivity index (χ0v) is 14.0. The lowest BCUT2D eigenvalue weighted by Crippen LogP contribution is -2.49. The van der Waals surface area contributed by atoms with E-state index >= 15 is 0 Å². The number of halogens is 2. The van der Waals surface area contributed by atoms with E-state index in [-0.39, 0.29) is 18.8 Å². The van der Waals surface area contributed by atoms with Gasteiger partial charge in [-0.1, -0.05) is 6.08 Å². The van der Waals surface area contributed by atoms with Gasteiger partial charge >= 0.3 is 19.1 Å². The maximum Gasteiger partial charge on any atom is 0.643 e. The van der Waals surface area contributed by atoms with Crippen molar-refractivity contribution in [1.82, 2.24) is 4.90 Å². The van der Waals surface area contributed by atoms with Gasteiger partial charge in [0.1, 0.15) is 5.75 Å². The SMILES string of the molecule is C=CC[C@H](C)Oc1ccc(F)c(F)c1B1OC(=O)CN(C)CC(=O)O1. The van der Waals surface area contributed by atoms with Gasteiger partial charge in [-0.15, -0.1) is 6.58 Å². The van der Waals surface area contributed by atoms with Crippen LogP contribution in [-0.4, -0.2) is 50.2 Å². The van der Waals surface area contributed by atoms with Gasteiger partial charge in [-0.2, -0.15) is 0 Å². The molecule has 2 rings (SSSR count). The van der Waals surface area contributed by atoms with E-state index < -0.39 is 42.3 Å². The predicted molar refractivity (Wildman–Crippen MR) is 86.3 cm³/mol. The Morgan fingerprint density at radius 3 is 2.48 bits per heavy atom. The molecule has 1 fully saturated rings. The van der Waals surface area contributed by atoms with Crippen molar-refractivity contribution in [2.75, 3.05) is 20.1 Å². The van der Waals surface area contributed by atoms with Crippen LogP contribution in [0.2, 0.25) is 0 Å². The molecule has 1 aromatic carbocycles. The fourth-order valence-electron chi connectivity index (χ4n) is 2.32. The van der Waals surface area contributed by atoms with E-state index in [1.54, 1.807) is 13.0 Å². The molecular weight excluding hydrogens is 335 g/mol. The van der Waals surface area contributed by atoms with Crippen molar-refractivity contribution in [1.29, 1.82) is 0 Å². The summed E-state index contributed by atoms with van der Waals surface area (Å²) in [6.45, 7) is 4.91. The highest BCUT2D eigenvalue weighted by atomic mass is 19.2. The molecule has 1 aliphatic heterocycles. The van der Waals surface area contributed by atoms with Crippen molar-refractivity contribution >= 4 is 24.5 Å². The van der Waals surface area contributed by atoms with Gasteiger partial charge in [0, 0.05) is 6.42 Å². The Balaban J connectivity index is 2.40. The normalized spacial score (nSPS) is 17.2. The number of carbonyl (C=O) groups is 2. The summed E-state index contributed by atoms with van der Waals surface area (Å²) in [5.74, 6) is -4.04. The van der Waals surface area contributed by atoms with E-state index in [4.69, 9.17) is 14.0 Å². The third-order valence-electron chi connectivity index (χ3n) is 3.43. The van der Waals surface area contributed by atoms with Crippen molar-refractivity contribution in [3.8, 4) is 5.75 Å². The Kier molecular flexibility index (Phi) is 6.14. The number of benzene rings is 1. The highest BCUT2D eigenvalue weighted by molar-refractivity contribution is 6.65. The molecule has 1 aliphatic rings. The molecule has 0 N–H and O–H groups in total. The summed E-state index contributed by atoms with van der Waals surface area (Å²) in [4.78, 5) is 25.1. The molecule has 1 heterocycles. The van der Waals surface area contributed by atoms with Crippen LogP contribution < -0.4 is 10.2 Å². The Morgan fingerprint density at radius 2 is 1.92 bits per heavy atom. The third kappa shape index (κ3) is 4.79. The Hall–Kier alpha value is -2.42. The number of hydrogen-bond acceptors (Lipinski definition) is 6. The first-order valence-corrected chi connectivity index (χ1v) is 7.64. The maximum absolute atomic E-state index is 14.4. The molecule has 0 bridgehead atoms. The molecule has 25 heavy (non-hydrogen) atoms. The molecule has 6 nitrogen and oxygen atoms in total. The van der Waals surface area contributed by atoms with Crippen LogP contribution in [0.15, 0.2) is 24.8 Å². The van der Waals surface area contributed by atoms with Gasteiger partial charge < -0.3 is 14.0 Å². The fourth-order valence-corrected chi connectivity index (χ4v) is 2.32. The molecule has 9 heteroatoms. The van der Waals surface area contributed by atoms with Gasteiger partial charge in [0.2, 0.25) is 0 Å². The van der Waals surface area contributed by atoms with Crippen molar-refractivity contribution in [2.24, 2.45) is 0 Å². The summed E-state index contributed by atoms with van der Waals surface area (Å²) in [6.07, 6.45) is 1.66. The number of carbonyl (C=O) groups excluding carboxylic acids is 2.